The number of benzene rings is 1. The van der Waals surface area contributed by atoms with Crippen LogP contribution in [0.5, 0.6) is 5.75 Å². The van der Waals surface area contributed by atoms with Gasteiger partial charge in [-0.15, -0.1) is 0 Å². The van der Waals surface area contributed by atoms with Crippen LogP contribution < -0.4 is 10.4 Å². The van der Waals surface area contributed by atoms with Crippen molar-refractivity contribution in [2.75, 3.05) is 6.61 Å². The lowest BCUT2D eigenvalue weighted by atomic mass is 10.2. The molecule has 1 heterocycles. The first kappa shape index (κ1) is 15.1. The van der Waals surface area contributed by atoms with Gasteiger partial charge in [-0.05, 0) is 44.9 Å². The minimum Gasteiger partial charge on any atom is -0.489 e. The fraction of sp³-hybridized carbons (Fsp3) is 0.278. The van der Waals surface area contributed by atoms with Crippen LogP contribution in [-0.4, -0.2) is 6.61 Å². The molecule has 0 aliphatic carbocycles. The molecule has 1 aromatic heterocycles. The van der Waals surface area contributed by atoms with E-state index in [4.69, 9.17) is 9.15 Å². The molecule has 0 spiro atoms. The lowest BCUT2D eigenvalue weighted by molar-refractivity contribution is 0.362. The summed E-state index contributed by atoms with van der Waals surface area (Å²) in [5.74, 6) is 0.700. The average molecular weight is 284 g/mol. The molecule has 0 aliphatic rings. The van der Waals surface area contributed by atoms with Gasteiger partial charge >= 0.3 is 5.63 Å². The molecule has 2 rings (SSSR count). The summed E-state index contributed by atoms with van der Waals surface area (Å²) in [6, 6.07) is 8.66. The lowest BCUT2D eigenvalue weighted by Crippen LogP contribution is -1.96. The number of unbranched alkanes of at least 4 members (excludes halogenated alkanes) is 1. The maximum Gasteiger partial charge on any atom is 0.336 e. The lowest BCUT2D eigenvalue weighted by Gasteiger charge is -2.03. The summed E-state index contributed by atoms with van der Waals surface area (Å²) in [5.41, 5.74) is 1.55. The van der Waals surface area contributed by atoms with Crippen LogP contribution in [0.2, 0.25) is 0 Å². The molecule has 0 saturated heterocycles. The highest BCUT2D eigenvalue weighted by Gasteiger charge is 1.99. The van der Waals surface area contributed by atoms with Crippen molar-refractivity contribution < 1.29 is 9.15 Å². The Bertz CT molecular complexity index is 704. The highest BCUT2D eigenvalue weighted by atomic mass is 16.5. The zero-order valence-electron chi connectivity index (χ0n) is 12.5. The van der Waals surface area contributed by atoms with Crippen molar-refractivity contribution in [2.24, 2.45) is 0 Å². The molecule has 0 unspecified atom stereocenters. The highest BCUT2D eigenvalue weighted by Crippen LogP contribution is 2.19. The smallest absolute Gasteiger partial charge is 0.336 e. The van der Waals surface area contributed by atoms with E-state index in [1.54, 1.807) is 12.1 Å². The highest BCUT2D eigenvalue weighted by molar-refractivity contribution is 5.77. The quantitative estimate of drug-likeness (QED) is 0.446. The molecule has 2 aromatic rings. The summed E-state index contributed by atoms with van der Waals surface area (Å²) < 4.78 is 10.7. The second kappa shape index (κ2) is 7.48. The third-order valence-electron chi connectivity index (χ3n) is 2.99. The van der Waals surface area contributed by atoms with E-state index in [9.17, 15) is 4.79 Å². The number of fused-ring (bicyclic) bond motifs is 1. The molecule has 21 heavy (non-hydrogen) atoms. The van der Waals surface area contributed by atoms with Gasteiger partial charge in [-0.1, -0.05) is 23.8 Å². The van der Waals surface area contributed by atoms with Crippen LogP contribution in [-0.2, 0) is 0 Å². The van der Waals surface area contributed by atoms with Crippen molar-refractivity contribution in [3.8, 4) is 5.75 Å². The molecular formula is C18H20O3. The number of hydrogen-bond acceptors (Lipinski definition) is 3. The molecule has 0 N–H and O–H groups in total. The maximum atomic E-state index is 11.2. The van der Waals surface area contributed by atoms with Gasteiger partial charge in [0.05, 0.1) is 0 Å². The summed E-state index contributed by atoms with van der Waals surface area (Å²) in [7, 11) is 0. The van der Waals surface area contributed by atoms with E-state index in [1.807, 2.05) is 18.2 Å². The fourth-order valence-electron chi connectivity index (χ4n) is 1.93. The number of hydrogen-bond donors (Lipinski definition) is 0. The largest absolute Gasteiger partial charge is 0.489 e. The topological polar surface area (TPSA) is 39.4 Å². The third-order valence-corrected chi connectivity index (χ3v) is 2.99. The normalized spacial score (nSPS) is 11.0. The van der Waals surface area contributed by atoms with Gasteiger partial charge in [0.15, 0.2) is 0 Å². The second-order valence-corrected chi connectivity index (χ2v) is 5.10. The predicted molar refractivity (Wildman–Crippen MR) is 85.8 cm³/mol. The number of ether oxygens (including phenoxy) is 1. The van der Waals surface area contributed by atoms with E-state index in [-0.39, 0.29) is 5.63 Å². The average Bonchev–Trinajstić information content (AvgIpc) is 2.45. The summed E-state index contributed by atoms with van der Waals surface area (Å²) in [4.78, 5) is 11.2. The van der Waals surface area contributed by atoms with Crippen molar-refractivity contribution in [3.05, 3.63) is 64.6 Å². The Morgan fingerprint density at radius 3 is 2.76 bits per heavy atom. The summed E-state index contributed by atoms with van der Waals surface area (Å²) >= 11 is 0. The molecule has 0 aliphatic heterocycles. The Kier molecular flexibility index (Phi) is 5.38. The molecule has 110 valence electrons. The minimum atomic E-state index is -0.348. The molecule has 0 radical (unpaired) electrons. The molecule has 0 amide bonds. The van der Waals surface area contributed by atoms with Crippen LogP contribution in [0.4, 0.5) is 0 Å². The van der Waals surface area contributed by atoms with Gasteiger partial charge in [-0.3, -0.25) is 0 Å². The summed E-state index contributed by atoms with van der Waals surface area (Å²) in [6.45, 7) is 4.72. The van der Waals surface area contributed by atoms with E-state index < -0.39 is 0 Å². The van der Waals surface area contributed by atoms with Crippen LogP contribution >= 0.6 is 0 Å². The van der Waals surface area contributed by atoms with Crippen molar-refractivity contribution >= 4 is 11.0 Å². The van der Waals surface area contributed by atoms with E-state index in [0.717, 1.165) is 18.2 Å². The Hall–Kier alpha value is -2.29. The molecule has 0 fully saturated rings. The van der Waals surface area contributed by atoms with E-state index >= 15 is 0 Å². The Balaban J connectivity index is 1.87. The maximum absolute atomic E-state index is 11.2. The van der Waals surface area contributed by atoms with Crippen LogP contribution in [0.1, 0.15) is 26.7 Å². The molecule has 1 aromatic carbocycles. The first-order chi connectivity index (χ1) is 10.1. The first-order valence-corrected chi connectivity index (χ1v) is 7.10. The monoisotopic (exact) mass is 284 g/mol. The van der Waals surface area contributed by atoms with Gasteiger partial charge in [0.1, 0.15) is 17.9 Å². The molecule has 0 atom stereocenters. The SMILES string of the molecule is CC(C)=CCC/C=C/COc1ccc2ccc(=O)oc2c1. The standard InChI is InChI=1S/C18H20O3/c1-14(2)7-5-3-4-6-12-20-16-10-8-15-9-11-18(19)21-17(15)13-16/h4,6-11,13H,3,5,12H2,1-2H3/b6-4+. The minimum absolute atomic E-state index is 0.348. The third kappa shape index (κ3) is 4.95. The zero-order valence-corrected chi connectivity index (χ0v) is 12.5. The molecule has 3 heteroatoms. The summed E-state index contributed by atoms with van der Waals surface area (Å²) in [6.07, 6.45) is 8.41. The van der Waals surface area contributed by atoms with E-state index in [0.29, 0.717) is 17.9 Å². The van der Waals surface area contributed by atoms with Crippen molar-refractivity contribution in [2.45, 2.75) is 26.7 Å². The van der Waals surface area contributed by atoms with Gasteiger partial charge < -0.3 is 9.15 Å². The van der Waals surface area contributed by atoms with Crippen molar-refractivity contribution in [1.29, 1.82) is 0 Å². The van der Waals surface area contributed by atoms with Crippen LogP contribution in [0.25, 0.3) is 11.0 Å². The molecule has 3 nitrogen and oxygen atoms in total. The summed E-state index contributed by atoms with van der Waals surface area (Å²) in [5, 5.41) is 0.888. The van der Waals surface area contributed by atoms with Crippen LogP contribution in [0, 0.1) is 0 Å². The molecule has 0 bridgehead atoms. The van der Waals surface area contributed by atoms with Crippen LogP contribution in [0.3, 0.4) is 0 Å². The van der Waals surface area contributed by atoms with Gasteiger partial charge in [-0.2, -0.15) is 0 Å². The van der Waals surface area contributed by atoms with Gasteiger partial charge in [-0.25, -0.2) is 4.79 Å². The number of allylic oxidation sites excluding steroid dienone is 3. The Morgan fingerprint density at radius 2 is 1.95 bits per heavy atom. The fourth-order valence-corrected chi connectivity index (χ4v) is 1.93. The Morgan fingerprint density at radius 1 is 1.14 bits per heavy atom. The predicted octanol–water partition coefficient (Wildman–Crippen LogP) is 4.47. The molecular weight excluding hydrogens is 264 g/mol. The van der Waals surface area contributed by atoms with Gasteiger partial charge in [0, 0.05) is 17.5 Å². The number of rotatable bonds is 6. The van der Waals surface area contributed by atoms with E-state index in [1.165, 1.54) is 11.6 Å². The van der Waals surface area contributed by atoms with Crippen molar-refractivity contribution in [3.63, 3.8) is 0 Å². The van der Waals surface area contributed by atoms with Crippen molar-refractivity contribution in [1.82, 2.24) is 0 Å². The first-order valence-electron chi connectivity index (χ1n) is 7.10. The Labute approximate surface area is 124 Å². The molecule has 0 saturated carbocycles. The zero-order chi connectivity index (χ0) is 15.1. The van der Waals surface area contributed by atoms with E-state index in [2.05, 4.69) is 26.0 Å². The van der Waals surface area contributed by atoms with Crippen LogP contribution in [0.15, 0.2) is 63.3 Å². The van der Waals surface area contributed by atoms with Gasteiger partial charge in [0.25, 0.3) is 0 Å². The van der Waals surface area contributed by atoms with Gasteiger partial charge in [0.2, 0.25) is 0 Å². The second-order valence-electron chi connectivity index (χ2n) is 5.10.